The van der Waals surface area contributed by atoms with Crippen molar-refractivity contribution in [3.05, 3.63) is 52.2 Å². The molecule has 1 fully saturated rings. The Labute approximate surface area is 178 Å². The highest BCUT2D eigenvalue weighted by Gasteiger charge is 2.30. The minimum Gasteiger partial charge on any atom is -0.303 e. The van der Waals surface area contributed by atoms with Crippen LogP contribution in [0.2, 0.25) is 0 Å². The smallest absolute Gasteiger partial charge is 0.236 e. The van der Waals surface area contributed by atoms with E-state index in [4.69, 9.17) is 0 Å². The summed E-state index contributed by atoms with van der Waals surface area (Å²) in [6, 6.07) is 8.96. The maximum absolute atomic E-state index is 13.3. The number of thiophene rings is 1. The molecule has 10 heteroatoms. The van der Waals surface area contributed by atoms with E-state index in [1.54, 1.807) is 17.4 Å². The molecule has 3 heterocycles. The number of thioether (sulfide) groups is 1. The molecule has 1 aliphatic rings. The molecule has 1 N–H and O–H groups in total. The molecular weight excluding hydrogens is 429 g/mol. The largest absolute Gasteiger partial charge is 0.303 e. The molecule has 1 amide bonds. The van der Waals surface area contributed by atoms with Crippen LogP contribution < -0.4 is 5.32 Å². The monoisotopic (exact) mass is 445 g/mol. The molecule has 0 aliphatic heterocycles. The zero-order chi connectivity index (χ0) is 19.8. The van der Waals surface area contributed by atoms with Crippen molar-refractivity contribution in [2.24, 2.45) is 0 Å². The lowest BCUT2D eigenvalue weighted by atomic mass is 10.3. The third kappa shape index (κ3) is 4.19. The number of carbonyl (C=O) groups excluding carboxylic acids is 1. The number of aromatic nitrogens is 4. The Hall–Kier alpha value is -2.30. The van der Waals surface area contributed by atoms with Crippen LogP contribution in [0.1, 0.15) is 29.6 Å². The van der Waals surface area contributed by atoms with Gasteiger partial charge in [-0.1, -0.05) is 29.2 Å². The van der Waals surface area contributed by atoms with Gasteiger partial charge in [-0.3, -0.25) is 4.79 Å². The van der Waals surface area contributed by atoms with E-state index in [1.165, 1.54) is 40.1 Å². The fourth-order valence-electron chi connectivity index (χ4n) is 3.03. The molecule has 0 saturated heterocycles. The molecule has 6 nitrogen and oxygen atoms in total. The van der Waals surface area contributed by atoms with Gasteiger partial charge in [-0.05, 0) is 42.5 Å². The lowest BCUT2D eigenvalue weighted by Crippen LogP contribution is -2.14. The Morgan fingerprint density at radius 2 is 2.21 bits per heavy atom. The molecule has 148 valence electrons. The van der Waals surface area contributed by atoms with Gasteiger partial charge >= 0.3 is 0 Å². The number of rotatable bonds is 7. The van der Waals surface area contributed by atoms with Gasteiger partial charge in [0, 0.05) is 17.3 Å². The predicted octanol–water partition coefficient (Wildman–Crippen LogP) is 4.74. The number of benzene rings is 1. The van der Waals surface area contributed by atoms with Gasteiger partial charge in [0.1, 0.15) is 11.6 Å². The standard InChI is InChI=1S/C19H16FN5OS3/c20-11-3-6-14-15(8-11)29-18(21-14)22-17(26)10-28-19-24-23-16(25(19)12-4-5-12)9-13-2-1-7-27-13/h1-3,6-8,12H,4-5,9-10H2,(H,21,22,26). The Morgan fingerprint density at radius 3 is 3.00 bits per heavy atom. The molecule has 4 aromatic rings. The van der Waals surface area contributed by atoms with Crippen molar-refractivity contribution in [3.8, 4) is 0 Å². The van der Waals surface area contributed by atoms with Gasteiger partial charge < -0.3 is 9.88 Å². The topological polar surface area (TPSA) is 72.7 Å². The number of anilines is 1. The van der Waals surface area contributed by atoms with E-state index in [-0.39, 0.29) is 17.5 Å². The van der Waals surface area contributed by atoms with E-state index in [2.05, 4.69) is 36.5 Å². The van der Waals surface area contributed by atoms with Gasteiger partial charge in [-0.15, -0.1) is 21.5 Å². The SMILES string of the molecule is O=C(CSc1nnc(Cc2cccs2)n1C1CC1)Nc1nc2ccc(F)cc2s1. The number of hydrogen-bond donors (Lipinski definition) is 1. The van der Waals surface area contributed by atoms with E-state index in [0.717, 1.165) is 30.2 Å². The van der Waals surface area contributed by atoms with Gasteiger partial charge in [0.05, 0.1) is 16.0 Å². The second kappa shape index (κ2) is 7.85. The number of nitrogens with one attached hydrogen (secondary N) is 1. The number of fused-ring (bicyclic) bond motifs is 1. The fraction of sp³-hybridized carbons (Fsp3) is 0.263. The van der Waals surface area contributed by atoms with Crippen LogP contribution in [0, 0.1) is 5.82 Å². The Morgan fingerprint density at radius 1 is 1.31 bits per heavy atom. The van der Waals surface area contributed by atoms with Crippen LogP contribution in [0.4, 0.5) is 9.52 Å². The minimum atomic E-state index is -0.313. The van der Waals surface area contributed by atoms with Crippen LogP contribution in [0.25, 0.3) is 10.2 Å². The highest BCUT2D eigenvalue weighted by atomic mass is 32.2. The van der Waals surface area contributed by atoms with Crippen LogP contribution in [0.3, 0.4) is 0 Å². The minimum absolute atomic E-state index is 0.167. The van der Waals surface area contributed by atoms with Crippen LogP contribution >= 0.6 is 34.4 Å². The van der Waals surface area contributed by atoms with Crippen LogP contribution in [-0.4, -0.2) is 31.4 Å². The zero-order valence-electron chi connectivity index (χ0n) is 15.2. The number of halogens is 1. The first-order valence-corrected chi connectivity index (χ1v) is 11.8. The third-order valence-corrected chi connectivity index (χ3v) is 7.24. The van der Waals surface area contributed by atoms with E-state index in [0.29, 0.717) is 21.4 Å². The quantitative estimate of drug-likeness (QED) is 0.416. The summed E-state index contributed by atoms with van der Waals surface area (Å²) >= 11 is 4.35. The number of amides is 1. The van der Waals surface area contributed by atoms with E-state index in [1.807, 2.05) is 6.07 Å². The molecule has 0 radical (unpaired) electrons. The summed E-state index contributed by atoms with van der Waals surface area (Å²) in [7, 11) is 0. The highest BCUT2D eigenvalue weighted by molar-refractivity contribution is 7.99. The lowest BCUT2D eigenvalue weighted by Gasteiger charge is -2.08. The average Bonchev–Trinajstić information content (AvgIpc) is 3.09. The summed E-state index contributed by atoms with van der Waals surface area (Å²) in [6.45, 7) is 0. The van der Waals surface area contributed by atoms with E-state index in [9.17, 15) is 9.18 Å². The molecular formula is C19H16FN5OS3. The second-order valence-electron chi connectivity index (χ2n) is 6.72. The van der Waals surface area contributed by atoms with E-state index >= 15 is 0 Å². The molecule has 0 atom stereocenters. The maximum atomic E-state index is 13.3. The lowest BCUT2D eigenvalue weighted by molar-refractivity contribution is -0.113. The van der Waals surface area contributed by atoms with Crippen molar-refractivity contribution in [2.45, 2.75) is 30.5 Å². The molecule has 29 heavy (non-hydrogen) atoms. The van der Waals surface area contributed by atoms with Gasteiger partial charge in [0.15, 0.2) is 10.3 Å². The van der Waals surface area contributed by atoms with Crippen molar-refractivity contribution in [3.63, 3.8) is 0 Å². The Balaban J connectivity index is 1.25. The van der Waals surface area contributed by atoms with Gasteiger partial charge in [-0.25, -0.2) is 9.37 Å². The molecule has 0 unspecified atom stereocenters. The van der Waals surface area contributed by atoms with Crippen LogP contribution in [-0.2, 0) is 11.2 Å². The Kier molecular flexibility index (Phi) is 5.06. The van der Waals surface area contributed by atoms with E-state index < -0.39 is 0 Å². The third-order valence-electron chi connectivity index (χ3n) is 4.49. The summed E-state index contributed by atoms with van der Waals surface area (Å²) in [5, 5.41) is 14.8. The van der Waals surface area contributed by atoms with Crippen molar-refractivity contribution in [2.75, 3.05) is 11.1 Å². The Bertz CT molecular complexity index is 1170. The molecule has 5 rings (SSSR count). The molecule has 1 aliphatic carbocycles. The zero-order valence-corrected chi connectivity index (χ0v) is 17.6. The summed E-state index contributed by atoms with van der Waals surface area (Å²) in [6.07, 6.45) is 3.01. The van der Waals surface area contributed by atoms with Gasteiger partial charge in [0.25, 0.3) is 0 Å². The summed E-state index contributed by atoms with van der Waals surface area (Å²) < 4.78 is 16.2. The summed E-state index contributed by atoms with van der Waals surface area (Å²) in [5.74, 6) is 0.687. The van der Waals surface area contributed by atoms with Crippen molar-refractivity contribution >= 4 is 55.7 Å². The molecule has 1 aromatic carbocycles. The summed E-state index contributed by atoms with van der Waals surface area (Å²) in [5.41, 5.74) is 0.672. The molecule has 3 aromatic heterocycles. The van der Waals surface area contributed by atoms with Gasteiger partial charge in [-0.2, -0.15) is 0 Å². The van der Waals surface area contributed by atoms with Crippen LogP contribution in [0.15, 0.2) is 40.9 Å². The number of thiazole rings is 1. The second-order valence-corrected chi connectivity index (χ2v) is 9.73. The molecule has 0 spiro atoms. The van der Waals surface area contributed by atoms with Crippen molar-refractivity contribution in [1.29, 1.82) is 0 Å². The average molecular weight is 446 g/mol. The van der Waals surface area contributed by atoms with Crippen molar-refractivity contribution in [1.82, 2.24) is 19.7 Å². The first kappa shape index (κ1) is 18.7. The molecule has 0 bridgehead atoms. The number of hydrogen-bond acceptors (Lipinski definition) is 7. The first-order valence-electron chi connectivity index (χ1n) is 9.10. The molecule has 1 saturated carbocycles. The van der Waals surface area contributed by atoms with Crippen molar-refractivity contribution < 1.29 is 9.18 Å². The van der Waals surface area contributed by atoms with Crippen LogP contribution in [0.5, 0.6) is 0 Å². The number of carbonyl (C=O) groups is 1. The first-order chi connectivity index (χ1) is 14.2. The predicted molar refractivity (Wildman–Crippen MR) is 114 cm³/mol. The fourth-order valence-corrected chi connectivity index (χ4v) is 5.47. The maximum Gasteiger partial charge on any atom is 0.236 e. The summed E-state index contributed by atoms with van der Waals surface area (Å²) in [4.78, 5) is 18.0. The van der Waals surface area contributed by atoms with Gasteiger partial charge in [0.2, 0.25) is 5.91 Å². The number of nitrogens with zero attached hydrogens (tertiary/aromatic N) is 4. The normalized spacial score (nSPS) is 13.8. The highest BCUT2D eigenvalue weighted by Crippen LogP contribution is 2.39.